The molecule has 2 heterocycles. The minimum atomic E-state index is -4.27. The van der Waals surface area contributed by atoms with Crippen molar-refractivity contribution in [3.8, 4) is 0 Å². The molecule has 2 rings (SSSR count). The molecule has 0 aromatic carbocycles. The lowest BCUT2D eigenvalue weighted by molar-refractivity contribution is -0.141. The largest absolute Gasteiger partial charge is 0.406 e. The van der Waals surface area contributed by atoms with Crippen LogP contribution in [0.1, 0.15) is 51.3 Å². The van der Waals surface area contributed by atoms with Crippen LogP contribution in [0.15, 0.2) is 12.4 Å². The lowest BCUT2D eigenvalue weighted by atomic mass is 9.97. The number of imidazole rings is 1. The molecule has 8 heteroatoms. The van der Waals surface area contributed by atoms with E-state index in [2.05, 4.69) is 17.2 Å². The minimum absolute atomic E-state index is 0.0600. The number of aromatic nitrogens is 2. The number of piperidine rings is 1. The summed E-state index contributed by atoms with van der Waals surface area (Å²) in [6.45, 7) is 3.50. The smallest absolute Gasteiger partial charge is 0.356 e. The van der Waals surface area contributed by atoms with Gasteiger partial charge in [-0.05, 0) is 25.8 Å². The third-order valence-electron chi connectivity index (χ3n) is 4.72. The molecule has 0 aliphatic carbocycles. The predicted octanol–water partition coefficient (Wildman–Crippen LogP) is 3.35. The zero-order chi connectivity index (χ0) is 19.0. The van der Waals surface area contributed by atoms with Crippen LogP contribution in [-0.4, -0.2) is 46.2 Å². The second kappa shape index (κ2) is 9.94. The van der Waals surface area contributed by atoms with Gasteiger partial charge in [-0.1, -0.05) is 26.2 Å². The number of likely N-dealkylation sites (tertiary alicyclic amines) is 1. The molecular formula is C18H29F3N4O. The van der Waals surface area contributed by atoms with E-state index >= 15 is 0 Å². The summed E-state index contributed by atoms with van der Waals surface area (Å²) in [6.07, 6.45) is 4.63. The molecule has 148 valence electrons. The number of unbranched alkanes of at least 4 members (excludes halogenated alkanes) is 3. The Hall–Kier alpha value is -1.57. The first-order valence-corrected chi connectivity index (χ1v) is 9.46. The van der Waals surface area contributed by atoms with E-state index in [1.807, 2.05) is 4.90 Å². The highest BCUT2D eigenvalue weighted by atomic mass is 19.4. The van der Waals surface area contributed by atoms with Gasteiger partial charge in [-0.15, -0.1) is 0 Å². The summed E-state index contributed by atoms with van der Waals surface area (Å²) >= 11 is 0. The number of alkyl halides is 3. The van der Waals surface area contributed by atoms with E-state index in [1.165, 1.54) is 18.8 Å². The van der Waals surface area contributed by atoms with Gasteiger partial charge in [0.1, 0.15) is 12.4 Å². The highest BCUT2D eigenvalue weighted by Gasteiger charge is 2.30. The van der Waals surface area contributed by atoms with Crippen LogP contribution in [0.25, 0.3) is 0 Å². The summed E-state index contributed by atoms with van der Waals surface area (Å²) in [4.78, 5) is 18.4. The van der Waals surface area contributed by atoms with Crippen LogP contribution in [0.4, 0.5) is 13.2 Å². The fraction of sp³-hybridized carbons (Fsp3) is 0.778. The van der Waals surface area contributed by atoms with E-state index in [0.29, 0.717) is 25.5 Å². The highest BCUT2D eigenvalue weighted by molar-refractivity contribution is 5.78. The molecule has 26 heavy (non-hydrogen) atoms. The summed E-state index contributed by atoms with van der Waals surface area (Å²) in [5, 5.41) is 3.00. The molecule has 1 amide bonds. The molecule has 0 spiro atoms. The van der Waals surface area contributed by atoms with Crippen molar-refractivity contribution < 1.29 is 18.0 Å². The van der Waals surface area contributed by atoms with E-state index < -0.39 is 12.7 Å². The summed E-state index contributed by atoms with van der Waals surface area (Å²) in [5.74, 6) is 0.355. The van der Waals surface area contributed by atoms with Crippen molar-refractivity contribution in [1.29, 1.82) is 0 Å². The lowest BCUT2D eigenvalue weighted by Crippen LogP contribution is -2.43. The van der Waals surface area contributed by atoms with Crippen molar-refractivity contribution in [2.24, 2.45) is 5.92 Å². The number of hydrogen-bond donors (Lipinski definition) is 1. The number of hydrogen-bond acceptors (Lipinski definition) is 3. The molecule has 1 aromatic rings. The van der Waals surface area contributed by atoms with Gasteiger partial charge >= 0.3 is 6.18 Å². The van der Waals surface area contributed by atoms with Crippen molar-refractivity contribution in [2.75, 3.05) is 19.6 Å². The molecular weight excluding hydrogens is 345 g/mol. The van der Waals surface area contributed by atoms with Crippen LogP contribution in [0.3, 0.4) is 0 Å². The predicted molar refractivity (Wildman–Crippen MR) is 93.4 cm³/mol. The van der Waals surface area contributed by atoms with Gasteiger partial charge in [0.05, 0.1) is 12.5 Å². The van der Waals surface area contributed by atoms with E-state index in [1.54, 1.807) is 0 Å². The van der Waals surface area contributed by atoms with E-state index in [9.17, 15) is 18.0 Å². The van der Waals surface area contributed by atoms with Gasteiger partial charge in [-0.25, -0.2) is 4.98 Å². The molecule has 1 N–H and O–H groups in total. The monoisotopic (exact) mass is 374 g/mol. The molecule has 1 atom stereocenters. The molecule has 1 aromatic heterocycles. The second-order valence-electron chi connectivity index (χ2n) is 7.01. The van der Waals surface area contributed by atoms with Crippen LogP contribution >= 0.6 is 0 Å². The third kappa shape index (κ3) is 6.97. The Balaban J connectivity index is 1.81. The topological polar surface area (TPSA) is 50.2 Å². The normalized spacial score (nSPS) is 18.8. The van der Waals surface area contributed by atoms with Crippen LogP contribution in [0.2, 0.25) is 0 Å². The Morgan fingerprint density at radius 1 is 1.35 bits per heavy atom. The van der Waals surface area contributed by atoms with Gasteiger partial charge in [0.15, 0.2) is 0 Å². The van der Waals surface area contributed by atoms with Gasteiger partial charge in [0, 0.05) is 25.5 Å². The van der Waals surface area contributed by atoms with Gasteiger partial charge < -0.3 is 9.88 Å². The quantitative estimate of drug-likeness (QED) is 0.675. The molecule has 0 bridgehead atoms. The first-order chi connectivity index (χ1) is 12.4. The number of halogens is 3. The van der Waals surface area contributed by atoms with Gasteiger partial charge in [0.2, 0.25) is 5.91 Å². The van der Waals surface area contributed by atoms with Crippen LogP contribution < -0.4 is 5.32 Å². The van der Waals surface area contributed by atoms with Crippen molar-refractivity contribution >= 4 is 5.91 Å². The van der Waals surface area contributed by atoms with Crippen molar-refractivity contribution in [2.45, 2.75) is 64.7 Å². The number of rotatable bonds is 9. The molecule has 5 nitrogen and oxygen atoms in total. The Morgan fingerprint density at radius 2 is 2.15 bits per heavy atom. The molecule has 1 fully saturated rings. The Labute approximate surface area is 153 Å². The first kappa shape index (κ1) is 20.7. The van der Waals surface area contributed by atoms with Crippen LogP contribution in [-0.2, 0) is 17.9 Å². The summed E-state index contributed by atoms with van der Waals surface area (Å²) in [6, 6.07) is 0. The van der Waals surface area contributed by atoms with Crippen molar-refractivity contribution in [3.05, 3.63) is 18.2 Å². The molecule has 1 aliphatic rings. The van der Waals surface area contributed by atoms with E-state index in [0.717, 1.165) is 43.2 Å². The van der Waals surface area contributed by atoms with Crippen LogP contribution in [0.5, 0.6) is 0 Å². The molecule has 1 unspecified atom stereocenters. The molecule has 1 aliphatic heterocycles. The summed E-state index contributed by atoms with van der Waals surface area (Å²) < 4.78 is 39.0. The van der Waals surface area contributed by atoms with E-state index in [4.69, 9.17) is 0 Å². The highest BCUT2D eigenvalue weighted by Crippen LogP contribution is 2.21. The molecule has 1 saturated heterocycles. The maximum absolute atomic E-state index is 12.6. The summed E-state index contributed by atoms with van der Waals surface area (Å²) in [5.41, 5.74) is 0. The van der Waals surface area contributed by atoms with Gasteiger partial charge in [-0.3, -0.25) is 9.69 Å². The lowest BCUT2D eigenvalue weighted by Gasteiger charge is -2.31. The van der Waals surface area contributed by atoms with Crippen molar-refractivity contribution in [1.82, 2.24) is 19.8 Å². The average Bonchev–Trinajstić information content (AvgIpc) is 2.99. The Bertz CT molecular complexity index is 559. The Morgan fingerprint density at radius 3 is 2.88 bits per heavy atom. The third-order valence-corrected chi connectivity index (χ3v) is 4.72. The number of carbonyl (C=O) groups excluding carboxylic acids is 1. The standard InChI is InChI=1S/C18H29F3N4O/c1-2-3-4-5-8-23-17(26)15-7-6-10-24(12-15)13-16-22-9-11-25(16)14-18(19,20)21/h9,11,15H,2-8,10,12-14H2,1H3,(H,23,26). The van der Waals surface area contributed by atoms with Gasteiger partial charge in [-0.2, -0.15) is 13.2 Å². The SMILES string of the molecule is CCCCCCNC(=O)C1CCCN(Cc2nccn2CC(F)(F)F)C1. The fourth-order valence-corrected chi connectivity index (χ4v) is 3.35. The average molecular weight is 374 g/mol. The van der Waals surface area contributed by atoms with Crippen LogP contribution in [0, 0.1) is 5.92 Å². The molecule has 0 saturated carbocycles. The van der Waals surface area contributed by atoms with Gasteiger partial charge in [0.25, 0.3) is 0 Å². The minimum Gasteiger partial charge on any atom is -0.356 e. The first-order valence-electron chi connectivity index (χ1n) is 9.46. The zero-order valence-corrected chi connectivity index (χ0v) is 15.4. The van der Waals surface area contributed by atoms with Crippen molar-refractivity contribution in [3.63, 3.8) is 0 Å². The maximum Gasteiger partial charge on any atom is 0.406 e. The summed E-state index contributed by atoms with van der Waals surface area (Å²) in [7, 11) is 0. The Kier molecular flexibility index (Phi) is 7.93. The number of carbonyl (C=O) groups is 1. The zero-order valence-electron chi connectivity index (χ0n) is 15.4. The maximum atomic E-state index is 12.6. The number of nitrogens with zero attached hydrogens (tertiary/aromatic N) is 3. The second-order valence-corrected chi connectivity index (χ2v) is 7.01. The van der Waals surface area contributed by atoms with E-state index in [-0.39, 0.29) is 11.8 Å². The number of nitrogens with one attached hydrogen (secondary N) is 1. The number of amides is 1. The molecule has 0 radical (unpaired) electrons. The fourth-order valence-electron chi connectivity index (χ4n) is 3.35.